The first-order chi connectivity index (χ1) is 16.5. The van der Waals surface area contributed by atoms with Gasteiger partial charge in [-0.2, -0.15) is 5.10 Å². The van der Waals surface area contributed by atoms with Gasteiger partial charge in [-0.15, -0.1) is 0 Å². The van der Waals surface area contributed by atoms with Crippen LogP contribution in [0.5, 0.6) is 5.75 Å². The van der Waals surface area contributed by atoms with Crippen LogP contribution >= 0.6 is 0 Å². The second kappa shape index (κ2) is 9.26. The topological polar surface area (TPSA) is 104 Å². The quantitative estimate of drug-likeness (QED) is 0.409. The SMILES string of the molecule is CCOC(=O)[C@@H](OC(C)(C)C)c1c(C)nc2cc(C(C)=O)nn2c1-c1cc2c(cc1F)OCCN2. The molecule has 4 rings (SSSR count). The molecule has 0 radical (unpaired) electrons. The Morgan fingerprint density at radius 3 is 2.69 bits per heavy atom. The number of carbonyl (C=O) groups is 2. The summed E-state index contributed by atoms with van der Waals surface area (Å²) in [6.45, 7) is 11.3. The molecule has 1 N–H and O–H groups in total. The smallest absolute Gasteiger partial charge is 0.340 e. The summed E-state index contributed by atoms with van der Waals surface area (Å²) in [5.74, 6) is -1.10. The number of nitrogens with zero attached hydrogens (tertiary/aromatic N) is 3. The van der Waals surface area contributed by atoms with Crippen molar-refractivity contribution in [1.82, 2.24) is 14.6 Å². The van der Waals surface area contributed by atoms with E-state index < -0.39 is 23.5 Å². The third-order valence-electron chi connectivity index (χ3n) is 5.42. The summed E-state index contributed by atoms with van der Waals surface area (Å²) >= 11 is 0. The molecule has 1 aromatic carbocycles. The van der Waals surface area contributed by atoms with Crippen molar-refractivity contribution < 1.29 is 28.2 Å². The zero-order valence-electron chi connectivity index (χ0n) is 20.7. The standard InChI is InChI=1S/C25H29FN4O5/c1-7-33-24(32)23(35-25(4,5)6)21-13(2)28-20-12-17(14(3)31)29-30(20)22(21)15-10-18-19(11-16(15)26)34-9-8-27-18/h10-12,23,27H,7-9H2,1-6H3/t23-/m0/s1. The van der Waals surface area contributed by atoms with E-state index in [-0.39, 0.29) is 29.3 Å². The molecule has 1 atom stereocenters. The molecule has 3 heterocycles. The van der Waals surface area contributed by atoms with Gasteiger partial charge >= 0.3 is 5.97 Å². The van der Waals surface area contributed by atoms with E-state index in [1.807, 2.05) is 20.8 Å². The summed E-state index contributed by atoms with van der Waals surface area (Å²) in [4.78, 5) is 29.8. The van der Waals surface area contributed by atoms with Gasteiger partial charge in [0.15, 0.2) is 17.5 Å². The highest BCUT2D eigenvalue weighted by atomic mass is 19.1. The first kappa shape index (κ1) is 24.6. The monoisotopic (exact) mass is 484 g/mol. The van der Waals surface area contributed by atoms with Crippen LogP contribution in [0.25, 0.3) is 16.9 Å². The molecule has 0 fully saturated rings. The highest BCUT2D eigenvalue weighted by Crippen LogP contribution is 2.40. The van der Waals surface area contributed by atoms with E-state index in [9.17, 15) is 9.59 Å². The molecule has 35 heavy (non-hydrogen) atoms. The van der Waals surface area contributed by atoms with Gasteiger partial charge in [0.25, 0.3) is 0 Å². The van der Waals surface area contributed by atoms with E-state index >= 15 is 4.39 Å². The van der Waals surface area contributed by atoms with E-state index in [2.05, 4.69) is 15.4 Å². The van der Waals surface area contributed by atoms with Gasteiger partial charge in [0, 0.05) is 42.4 Å². The molecule has 186 valence electrons. The molecule has 0 aliphatic carbocycles. The molecule has 9 nitrogen and oxygen atoms in total. The van der Waals surface area contributed by atoms with Gasteiger partial charge in [0.05, 0.1) is 23.6 Å². The minimum atomic E-state index is -1.22. The highest BCUT2D eigenvalue weighted by molar-refractivity contribution is 5.93. The molecule has 0 spiro atoms. The van der Waals surface area contributed by atoms with Crippen LogP contribution in [0.1, 0.15) is 62.5 Å². The molecule has 2 aromatic heterocycles. The van der Waals surface area contributed by atoms with Crippen LogP contribution in [0.4, 0.5) is 10.1 Å². The number of esters is 1. The number of carbonyl (C=O) groups excluding carboxylic acids is 2. The largest absolute Gasteiger partial charge is 0.489 e. The Morgan fingerprint density at radius 2 is 2.03 bits per heavy atom. The number of Topliss-reactive ketones (excluding diaryl/α,β-unsaturated/α-hetero) is 1. The Balaban J connectivity index is 2.08. The Morgan fingerprint density at radius 1 is 1.29 bits per heavy atom. The van der Waals surface area contributed by atoms with Gasteiger partial charge in [-0.1, -0.05) is 0 Å². The van der Waals surface area contributed by atoms with Crippen molar-refractivity contribution in [3.8, 4) is 17.0 Å². The van der Waals surface area contributed by atoms with E-state index in [0.29, 0.717) is 41.5 Å². The number of benzene rings is 1. The molecule has 1 aliphatic rings. The van der Waals surface area contributed by atoms with Gasteiger partial charge in [-0.3, -0.25) is 4.79 Å². The fourth-order valence-electron chi connectivity index (χ4n) is 4.02. The molecular formula is C25H29FN4O5. The second-order valence-corrected chi connectivity index (χ2v) is 9.28. The van der Waals surface area contributed by atoms with Crippen LogP contribution in [-0.4, -0.2) is 51.7 Å². The summed E-state index contributed by atoms with van der Waals surface area (Å²) in [6, 6.07) is 4.43. The van der Waals surface area contributed by atoms with Crippen molar-refractivity contribution in [2.24, 2.45) is 0 Å². The van der Waals surface area contributed by atoms with E-state index in [0.717, 1.165) is 0 Å². The lowest BCUT2D eigenvalue weighted by Crippen LogP contribution is -2.30. The zero-order valence-corrected chi connectivity index (χ0v) is 20.7. The fourth-order valence-corrected chi connectivity index (χ4v) is 4.02. The summed E-state index contributed by atoms with van der Waals surface area (Å²) in [5, 5.41) is 7.61. The highest BCUT2D eigenvalue weighted by Gasteiger charge is 2.35. The van der Waals surface area contributed by atoms with Crippen LogP contribution in [0, 0.1) is 12.7 Å². The maximum absolute atomic E-state index is 15.6. The lowest BCUT2D eigenvalue weighted by atomic mass is 9.97. The molecule has 0 unspecified atom stereocenters. The number of hydrogen-bond acceptors (Lipinski definition) is 8. The maximum atomic E-state index is 15.6. The molecule has 0 saturated heterocycles. The summed E-state index contributed by atoms with van der Waals surface area (Å²) in [7, 11) is 0. The lowest BCUT2D eigenvalue weighted by Gasteiger charge is -2.29. The average Bonchev–Trinajstić information content (AvgIpc) is 3.20. The van der Waals surface area contributed by atoms with Gasteiger partial charge < -0.3 is 19.5 Å². The third-order valence-corrected chi connectivity index (χ3v) is 5.42. The minimum absolute atomic E-state index is 0.137. The normalized spacial score (nSPS) is 14.1. The molecule has 0 bridgehead atoms. The predicted octanol–water partition coefficient (Wildman–Crippen LogP) is 4.27. The Kier molecular flexibility index (Phi) is 6.50. The van der Waals surface area contributed by atoms with Crippen molar-refractivity contribution in [2.45, 2.75) is 53.2 Å². The van der Waals surface area contributed by atoms with Gasteiger partial charge in [0.2, 0.25) is 0 Å². The number of ether oxygens (including phenoxy) is 3. The van der Waals surface area contributed by atoms with E-state index in [4.69, 9.17) is 14.2 Å². The molecule has 0 amide bonds. The Bertz CT molecular complexity index is 1310. The number of nitrogens with one attached hydrogen (secondary N) is 1. The number of fused-ring (bicyclic) bond motifs is 2. The predicted molar refractivity (Wildman–Crippen MR) is 127 cm³/mol. The third kappa shape index (κ3) is 4.84. The summed E-state index contributed by atoms with van der Waals surface area (Å²) < 4.78 is 34.1. The molecule has 3 aromatic rings. The van der Waals surface area contributed by atoms with Crippen molar-refractivity contribution in [3.05, 3.63) is 41.0 Å². The number of ketones is 1. The molecule has 10 heteroatoms. The van der Waals surface area contributed by atoms with E-state index in [1.54, 1.807) is 19.9 Å². The maximum Gasteiger partial charge on any atom is 0.340 e. The lowest BCUT2D eigenvalue weighted by molar-refractivity contribution is -0.166. The summed E-state index contributed by atoms with van der Waals surface area (Å²) in [6.07, 6.45) is -1.22. The Hall–Kier alpha value is -3.53. The number of hydrogen-bond donors (Lipinski definition) is 1. The number of rotatable bonds is 6. The second-order valence-electron chi connectivity index (χ2n) is 9.28. The first-order valence-corrected chi connectivity index (χ1v) is 11.5. The first-order valence-electron chi connectivity index (χ1n) is 11.5. The van der Waals surface area contributed by atoms with E-state index in [1.165, 1.54) is 23.6 Å². The molecule has 0 saturated carbocycles. The number of aryl methyl sites for hydroxylation is 1. The molecule has 1 aliphatic heterocycles. The fraction of sp³-hybridized carbons (Fsp3) is 0.440. The minimum Gasteiger partial charge on any atom is -0.489 e. The average molecular weight is 485 g/mol. The van der Waals surface area contributed by atoms with Crippen LogP contribution in [0.2, 0.25) is 0 Å². The van der Waals surface area contributed by atoms with Gasteiger partial charge in [0.1, 0.15) is 23.9 Å². The van der Waals surface area contributed by atoms with Gasteiger partial charge in [-0.05, 0) is 40.7 Å². The summed E-state index contributed by atoms with van der Waals surface area (Å²) in [5.41, 5.74) is 1.49. The van der Waals surface area contributed by atoms with Gasteiger partial charge in [-0.25, -0.2) is 18.7 Å². The zero-order chi connectivity index (χ0) is 25.5. The molecular weight excluding hydrogens is 455 g/mol. The number of aromatic nitrogens is 3. The van der Waals surface area contributed by atoms with Crippen LogP contribution in [-0.2, 0) is 14.3 Å². The Labute approximate surface area is 202 Å². The van der Waals surface area contributed by atoms with Crippen LogP contribution in [0.3, 0.4) is 0 Å². The van der Waals surface area contributed by atoms with Crippen LogP contribution in [0.15, 0.2) is 18.2 Å². The van der Waals surface area contributed by atoms with Crippen molar-refractivity contribution in [3.63, 3.8) is 0 Å². The number of anilines is 1. The van der Waals surface area contributed by atoms with Crippen molar-refractivity contribution in [1.29, 1.82) is 0 Å². The van der Waals surface area contributed by atoms with Crippen molar-refractivity contribution >= 4 is 23.1 Å². The van der Waals surface area contributed by atoms with Crippen molar-refractivity contribution in [2.75, 3.05) is 25.1 Å². The van der Waals surface area contributed by atoms with Crippen LogP contribution < -0.4 is 10.1 Å². The number of halogens is 1.